The molecule has 4 aliphatic rings. The van der Waals surface area contributed by atoms with Gasteiger partial charge in [0.15, 0.2) is 0 Å². The number of rotatable bonds is 3. The maximum atomic E-state index is 12.9. The SMILES string of the molecule is O=C(NC1CCCC1)[C@H]1[C@H](C(=O)N2CCCC2)[C@@H]2C=C[C@H]1C2. The van der Waals surface area contributed by atoms with Gasteiger partial charge in [-0.3, -0.25) is 9.59 Å². The molecule has 3 fully saturated rings. The van der Waals surface area contributed by atoms with E-state index in [9.17, 15) is 9.59 Å². The summed E-state index contributed by atoms with van der Waals surface area (Å²) in [6, 6.07) is 0.346. The van der Waals surface area contributed by atoms with Crippen molar-refractivity contribution in [1.82, 2.24) is 10.2 Å². The predicted octanol–water partition coefficient (Wildman–Crippen LogP) is 2.11. The Labute approximate surface area is 132 Å². The van der Waals surface area contributed by atoms with Crippen LogP contribution in [0.3, 0.4) is 0 Å². The van der Waals surface area contributed by atoms with Crippen LogP contribution in [0.2, 0.25) is 0 Å². The summed E-state index contributed by atoms with van der Waals surface area (Å²) in [5.41, 5.74) is 0. The van der Waals surface area contributed by atoms with E-state index >= 15 is 0 Å². The van der Waals surface area contributed by atoms with Gasteiger partial charge >= 0.3 is 0 Å². The van der Waals surface area contributed by atoms with E-state index < -0.39 is 0 Å². The van der Waals surface area contributed by atoms with E-state index in [4.69, 9.17) is 0 Å². The van der Waals surface area contributed by atoms with Gasteiger partial charge in [-0.25, -0.2) is 0 Å². The Morgan fingerprint density at radius 2 is 1.55 bits per heavy atom. The molecular weight excluding hydrogens is 276 g/mol. The Morgan fingerprint density at radius 3 is 2.23 bits per heavy atom. The first kappa shape index (κ1) is 14.3. The van der Waals surface area contributed by atoms with Crippen molar-refractivity contribution in [2.24, 2.45) is 23.7 Å². The summed E-state index contributed by atoms with van der Waals surface area (Å²) in [4.78, 5) is 27.7. The van der Waals surface area contributed by atoms with E-state index in [1.54, 1.807) is 0 Å². The van der Waals surface area contributed by atoms with Crippen LogP contribution >= 0.6 is 0 Å². The smallest absolute Gasteiger partial charge is 0.227 e. The molecule has 0 spiro atoms. The van der Waals surface area contributed by atoms with E-state index in [2.05, 4.69) is 17.5 Å². The maximum Gasteiger partial charge on any atom is 0.227 e. The Bertz CT molecular complexity index is 489. The van der Waals surface area contributed by atoms with Gasteiger partial charge in [-0.1, -0.05) is 25.0 Å². The van der Waals surface area contributed by atoms with Crippen LogP contribution in [0.15, 0.2) is 12.2 Å². The summed E-state index contributed by atoms with van der Waals surface area (Å²) in [5.74, 6) is 0.723. The van der Waals surface area contributed by atoms with Crippen LogP contribution < -0.4 is 5.32 Å². The molecule has 0 aromatic carbocycles. The lowest BCUT2D eigenvalue weighted by Crippen LogP contribution is -2.46. The van der Waals surface area contributed by atoms with E-state index in [1.165, 1.54) is 12.8 Å². The average Bonchev–Trinajstić information content (AvgIpc) is 3.27. The number of carbonyl (C=O) groups excluding carboxylic acids is 2. The highest BCUT2D eigenvalue weighted by atomic mass is 16.2. The molecule has 1 N–H and O–H groups in total. The number of hydrogen-bond acceptors (Lipinski definition) is 2. The summed E-state index contributed by atoms with van der Waals surface area (Å²) in [7, 11) is 0. The third kappa shape index (κ3) is 2.37. The largest absolute Gasteiger partial charge is 0.353 e. The second kappa shape index (κ2) is 5.71. The molecule has 0 radical (unpaired) electrons. The van der Waals surface area contributed by atoms with E-state index in [1.807, 2.05) is 4.90 Å². The van der Waals surface area contributed by atoms with E-state index in [0.717, 1.165) is 45.2 Å². The summed E-state index contributed by atoms with van der Waals surface area (Å²) in [6.45, 7) is 1.76. The quantitative estimate of drug-likeness (QED) is 0.812. The van der Waals surface area contributed by atoms with Crippen molar-refractivity contribution >= 4 is 11.8 Å². The molecule has 0 unspecified atom stereocenters. The van der Waals surface area contributed by atoms with Gasteiger partial charge in [0, 0.05) is 19.1 Å². The molecule has 0 aromatic heterocycles. The Hall–Kier alpha value is -1.32. The van der Waals surface area contributed by atoms with Gasteiger partial charge < -0.3 is 10.2 Å². The first-order valence-corrected chi connectivity index (χ1v) is 9.01. The maximum absolute atomic E-state index is 12.9. The monoisotopic (exact) mass is 302 g/mol. The Morgan fingerprint density at radius 1 is 0.909 bits per heavy atom. The number of nitrogens with zero attached hydrogens (tertiary/aromatic N) is 1. The summed E-state index contributed by atoms with van der Waals surface area (Å²) >= 11 is 0. The van der Waals surface area contributed by atoms with Gasteiger partial charge in [0.25, 0.3) is 0 Å². The molecule has 120 valence electrons. The molecule has 1 saturated heterocycles. The summed E-state index contributed by atoms with van der Waals surface area (Å²) in [6.07, 6.45) is 12.2. The van der Waals surface area contributed by atoms with Crippen molar-refractivity contribution in [2.45, 2.75) is 51.0 Å². The lowest BCUT2D eigenvalue weighted by atomic mass is 9.81. The number of amides is 2. The molecule has 1 aliphatic heterocycles. The second-order valence-electron chi connectivity index (χ2n) is 7.52. The molecule has 2 saturated carbocycles. The summed E-state index contributed by atoms with van der Waals surface area (Å²) in [5, 5.41) is 3.24. The minimum absolute atomic E-state index is 0.102. The topological polar surface area (TPSA) is 49.4 Å². The standard InChI is InChI=1S/C18H26N2O2/c21-17(19-14-5-1-2-6-14)15-12-7-8-13(11-12)16(15)18(22)20-9-3-4-10-20/h7-8,12-16H,1-6,9-11H2,(H,19,21)/t12-,13+,15+,16+/m0/s1. The van der Waals surface area contributed by atoms with Gasteiger partial charge in [0.05, 0.1) is 11.8 Å². The highest BCUT2D eigenvalue weighted by Gasteiger charge is 2.52. The molecule has 4 heteroatoms. The highest BCUT2D eigenvalue weighted by Crippen LogP contribution is 2.49. The number of carbonyl (C=O) groups is 2. The Balaban J connectivity index is 1.49. The predicted molar refractivity (Wildman–Crippen MR) is 83.9 cm³/mol. The van der Waals surface area contributed by atoms with Crippen molar-refractivity contribution in [1.29, 1.82) is 0 Å². The molecule has 22 heavy (non-hydrogen) atoms. The van der Waals surface area contributed by atoms with Crippen molar-refractivity contribution in [3.05, 3.63) is 12.2 Å². The van der Waals surface area contributed by atoms with Crippen molar-refractivity contribution in [2.75, 3.05) is 13.1 Å². The summed E-state index contributed by atoms with van der Waals surface area (Å²) < 4.78 is 0. The Kier molecular flexibility index (Phi) is 3.71. The molecule has 0 aromatic rings. The fourth-order valence-electron chi connectivity index (χ4n) is 5.03. The fourth-order valence-corrected chi connectivity index (χ4v) is 5.03. The molecule has 2 amide bonds. The first-order valence-electron chi connectivity index (χ1n) is 9.01. The van der Waals surface area contributed by atoms with Crippen LogP contribution in [0, 0.1) is 23.7 Å². The van der Waals surface area contributed by atoms with Crippen LogP contribution in [0.4, 0.5) is 0 Å². The number of likely N-dealkylation sites (tertiary alicyclic amines) is 1. The van der Waals surface area contributed by atoms with Crippen LogP contribution in [0.5, 0.6) is 0 Å². The van der Waals surface area contributed by atoms with Crippen LogP contribution in [-0.2, 0) is 9.59 Å². The minimum atomic E-state index is -0.122. The van der Waals surface area contributed by atoms with Crippen LogP contribution in [0.1, 0.15) is 44.9 Å². The molecular formula is C18H26N2O2. The van der Waals surface area contributed by atoms with Crippen LogP contribution in [-0.4, -0.2) is 35.8 Å². The van der Waals surface area contributed by atoms with Crippen LogP contribution in [0.25, 0.3) is 0 Å². The van der Waals surface area contributed by atoms with Crippen molar-refractivity contribution in [3.8, 4) is 0 Å². The first-order chi connectivity index (χ1) is 10.7. The molecule has 2 bridgehead atoms. The van der Waals surface area contributed by atoms with Gasteiger partial charge in [0.1, 0.15) is 0 Å². The molecule has 1 heterocycles. The highest BCUT2D eigenvalue weighted by molar-refractivity contribution is 5.90. The molecule has 4 rings (SSSR count). The number of nitrogens with one attached hydrogen (secondary N) is 1. The van der Waals surface area contributed by atoms with Crippen molar-refractivity contribution < 1.29 is 9.59 Å². The second-order valence-corrected chi connectivity index (χ2v) is 7.52. The molecule has 4 nitrogen and oxygen atoms in total. The van der Waals surface area contributed by atoms with Gasteiger partial charge in [-0.05, 0) is 43.9 Å². The third-order valence-corrected chi connectivity index (χ3v) is 6.17. The lowest BCUT2D eigenvalue weighted by Gasteiger charge is -2.30. The van der Waals surface area contributed by atoms with E-state index in [-0.39, 0.29) is 35.5 Å². The molecule has 3 aliphatic carbocycles. The van der Waals surface area contributed by atoms with Gasteiger partial charge in [-0.15, -0.1) is 0 Å². The number of hydrogen-bond donors (Lipinski definition) is 1. The zero-order chi connectivity index (χ0) is 15.1. The number of fused-ring (bicyclic) bond motifs is 2. The molecule has 4 atom stereocenters. The van der Waals surface area contributed by atoms with Gasteiger partial charge in [-0.2, -0.15) is 0 Å². The number of allylic oxidation sites excluding steroid dienone is 2. The average molecular weight is 302 g/mol. The van der Waals surface area contributed by atoms with Gasteiger partial charge in [0.2, 0.25) is 11.8 Å². The van der Waals surface area contributed by atoms with Crippen molar-refractivity contribution in [3.63, 3.8) is 0 Å². The third-order valence-electron chi connectivity index (χ3n) is 6.17. The zero-order valence-corrected chi connectivity index (χ0v) is 13.2. The lowest BCUT2D eigenvalue weighted by molar-refractivity contribution is -0.141. The normalized spacial score (nSPS) is 37.2. The minimum Gasteiger partial charge on any atom is -0.353 e. The fraction of sp³-hybridized carbons (Fsp3) is 0.778. The van der Waals surface area contributed by atoms with E-state index in [0.29, 0.717) is 6.04 Å². The zero-order valence-electron chi connectivity index (χ0n) is 13.2.